The van der Waals surface area contributed by atoms with Crippen LogP contribution in [0.3, 0.4) is 0 Å². The van der Waals surface area contributed by atoms with Gasteiger partial charge in [-0.05, 0) is 74.5 Å². The number of rotatable bonds is 4. The fourth-order valence-electron chi connectivity index (χ4n) is 10.0. The Kier molecular flexibility index (Phi) is 7.16. The van der Waals surface area contributed by atoms with Gasteiger partial charge in [-0.1, -0.05) is 170 Å². The summed E-state index contributed by atoms with van der Waals surface area (Å²) >= 11 is 0. The van der Waals surface area contributed by atoms with Gasteiger partial charge in [0.15, 0.2) is 17.5 Å². The predicted octanol–water partition coefficient (Wildman–Crippen LogP) is 14.1. The Bertz CT molecular complexity index is 3550. The van der Waals surface area contributed by atoms with Gasteiger partial charge in [-0.2, -0.15) is 0 Å². The Balaban J connectivity index is 1.09. The molecule has 9 aromatic carbocycles. The van der Waals surface area contributed by atoms with E-state index in [-0.39, 0.29) is 0 Å². The number of hydrogen-bond donors (Lipinski definition) is 0. The maximum Gasteiger partial charge on any atom is 0.167 e. The molecule has 0 N–H and O–H groups in total. The molecule has 0 amide bonds. The highest BCUT2D eigenvalue weighted by molar-refractivity contribution is 6.09. The number of furan rings is 1. The van der Waals surface area contributed by atoms with E-state index in [0.717, 1.165) is 77.9 Å². The topological polar surface area (TPSA) is 61.0 Å². The third-order valence-corrected chi connectivity index (χ3v) is 12.6. The molecule has 0 bridgehead atoms. The summed E-state index contributed by atoms with van der Waals surface area (Å²) in [5.41, 5.74) is 12.7. The zero-order valence-electron chi connectivity index (χ0n) is 32.7. The fourth-order valence-corrected chi connectivity index (χ4v) is 10.0. The van der Waals surface area contributed by atoms with Crippen molar-refractivity contribution in [2.75, 3.05) is 0 Å². The molecule has 0 atom stereocenters. The molecule has 0 unspecified atom stereocenters. The van der Waals surface area contributed by atoms with Crippen molar-refractivity contribution in [3.8, 4) is 67.9 Å². The van der Waals surface area contributed by atoms with Crippen molar-refractivity contribution >= 4 is 32.7 Å². The molecule has 1 spiro atoms. The SMILES string of the molecule is c1ccc2c(c1)Oc1ccccc1C21c2ccccc2-c2ccc(-c3nc(-c4ccccc4-c4cccc5ccccc45)nc(-c4cccc5c4oc4ccccc45)n3)cc21. The molecule has 0 saturated heterocycles. The van der Waals surface area contributed by atoms with Crippen molar-refractivity contribution in [3.05, 3.63) is 222 Å². The van der Waals surface area contributed by atoms with E-state index in [0.29, 0.717) is 17.5 Å². The molecule has 5 heteroatoms. The van der Waals surface area contributed by atoms with Crippen LogP contribution in [0.15, 0.2) is 205 Å². The second-order valence-corrected chi connectivity index (χ2v) is 15.8. The summed E-state index contributed by atoms with van der Waals surface area (Å²) in [6, 6.07) is 70.1. The van der Waals surface area contributed by atoms with Gasteiger partial charge in [0.05, 0.1) is 11.0 Å². The molecule has 0 radical (unpaired) electrons. The van der Waals surface area contributed by atoms with Crippen molar-refractivity contribution in [2.24, 2.45) is 0 Å². The molecule has 2 aromatic heterocycles. The van der Waals surface area contributed by atoms with Gasteiger partial charge < -0.3 is 9.15 Å². The van der Waals surface area contributed by atoms with Crippen LogP contribution in [0.25, 0.3) is 89.1 Å². The fraction of sp³-hybridized carbons (Fsp3) is 0.0179. The summed E-state index contributed by atoms with van der Waals surface area (Å²) in [5, 5.41) is 4.41. The lowest BCUT2D eigenvalue weighted by Crippen LogP contribution is -2.32. The van der Waals surface area contributed by atoms with Gasteiger partial charge in [0.25, 0.3) is 0 Å². The quantitative estimate of drug-likeness (QED) is 0.178. The van der Waals surface area contributed by atoms with E-state index in [1.54, 1.807) is 0 Å². The summed E-state index contributed by atoms with van der Waals surface area (Å²) in [6.07, 6.45) is 0. The van der Waals surface area contributed by atoms with E-state index in [1.807, 2.05) is 30.3 Å². The summed E-state index contributed by atoms with van der Waals surface area (Å²) in [4.78, 5) is 16.1. The second kappa shape index (κ2) is 12.9. The minimum atomic E-state index is -0.632. The molecule has 1 aliphatic carbocycles. The number of benzene rings is 9. The zero-order chi connectivity index (χ0) is 40.1. The third kappa shape index (κ3) is 4.86. The second-order valence-electron chi connectivity index (χ2n) is 15.8. The molecule has 61 heavy (non-hydrogen) atoms. The van der Waals surface area contributed by atoms with Crippen LogP contribution < -0.4 is 4.74 Å². The van der Waals surface area contributed by atoms with Crippen molar-refractivity contribution < 1.29 is 9.15 Å². The first kappa shape index (κ1) is 33.8. The molecular weight excluding hydrogens is 747 g/mol. The van der Waals surface area contributed by atoms with E-state index in [4.69, 9.17) is 24.1 Å². The minimum absolute atomic E-state index is 0.539. The highest BCUT2D eigenvalue weighted by Crippen LogP contribution is 2.62. The third-order valence-electron chi connectivity index (χ3n) is 12.6. The van der Waals surface area contributed by atoms with Crippen LogP contribution in [0.5, 0.6) is 11.5 Å². The average Bonchev–Trinajstić information content (AvgIpc) is 3.85. The van der Waals surface area contributed by atoms with E-state index < -0.39 is 5.41 Å². The summed E-state index contributed by atoms with van der Waals surface area (Å²) in [5.74, 6) is 3.39. The van der Waals surface area contributed by atoms with E-state index in [2.05, 4.69) is 170 Å². The van der Waals surface area contributed by atoms with E-state index >= 15 is 0 Å². The Hall–Kier alpha value is -8.15. The zero-order valence-corrected chi connectivity index (χ0v) is 32.7. The van der Waals surface area contributed by atoms with Gasteiger partial charge in [-0.15, -0.1) is 0 Å². The lowest BCUT2D eigenvalue weighted by atomic mass is 9.66. The summed E-state index contributed by atoms with van der Waals surface area (Å²) in [6.45, 7) is 0. The van der Waals surface area contributed by atoms with Crippen molar-refractivity contribution in [3.63, 3.8) is 0 Å². The van der Waals surface area contributed by atoms with Gasteiger partial charge in [0.1, 0.15) is 22.7 Å². The average molecular weight is 780 g/mol. The molecule has 3 heterocycles. The van der Waals surface area contributed by atoms with Gasteiger partial charge in [0, 0.05) is 33.0 Å². The van der Waals surface area contributed by atoms with Crippen molar-refractivity contribution in [1.82, 2.24) is 15.0 Å². The van der Waals surface area contributed by atoms with Crippen molar-refractivity contribution in [2.45, 2.75) is 5.41 Å². The number of fused-ring (bicyclic) bond motifs is 13. The number of ether oxygens (including phenoxy) is 1. The first-order chi connectivity index (χ1) is 30.2. The summed E-state index contributed by atoms with van der Waals surface area (Å²) in [7, 11) is 0. The molecule has 0 fully saturated rings. The number of aromatic nitrogens is 3. The Morgan fingerprint density at radius 1 is 0.344 bits per heavy atom. The standard InChI is InChI=1S/C56H33N3O2/c1-2-17-36-34(15-1)16-13-22-37(36)38-18-3-4-21-43(38)54-57-53(58-55(59-54)44-24-14-23-42-41-20-6-10-28-49(41)61-52(42)44)35-31-32-40-39-19-5-7-25-45(39)56(48(40)33-35)46-26-8-11-29-50(46)60-51-30-12-9-27-47(51)56/h1-33H. The summed E-state index contributed by atoms with van der Waals surface area (Å²) < 4.78 is 13.2. The van der Waals surface area contributed by atoms with Crippen LogP contribution in [-0.2, 0) is 5.41 Å². The first-order valence-corrected chi connectivity index (χ1v) is 20.6. The van der Waals surface area contributed by atoms with Crippen LogP contribution in [0.1, 0.15) is 22.3 Å². The smallest absolute Gasteiger partial charge is 0.167 e. The number of hydrogen-bond acceptors (Lipinski definition) is 5. The van der Waals surface area contributed by atoms with Crippen LogP contribution in [0.2, 0.25) is 0 Å². The van der Waals surface area contributed by atoms with Gasteiger partial charge in [-0.3, -0.25) is 0 Å². The number of para-hydroxylation sites is 4. The predicted molar refractivity (Wildman–Crippen MR) is 244 cm³/mol. The molecule has 0 saturated carbocycles. The molecule has 284 valence electrons. The minimum Gasteiger partial charge on any atom is -0.457 e. The highest BCUT2D eigenvalue weighted by Gasteiger charge is 2.51. The molecular formula is C56H33N3O2. The normalized spacial score (nSPS) is 13.2. The van der Waals surface area contributed by atoms with E-state index in [1.165, 1.54) is 27.5 Å². The van der Waals surface area contributed by atoms with Gasteiger partial charge >= 0.3 is 0 Å². The maximum atomic E-state index is 6.63. The molecule has 1 aliphatic heterocycles. The largest absolute Gasteiger partial charge is 0.457 e. The van der Waals surface area contributed by atoms with E-state index in [9.17, 15) is 0 Å². The lowest BCUT2D eigenvalue weighted by molar-refractivity contribution is 0.436. The number of nitrogens with zero attached hydrogens (tertiary/aromatic N) is 3. The van der Waals surface area contributed by atoms with Gasteiger partial charge in [-0.25, -0.2) is 15.0 Å². The van der Waals surface area contributed by atoms with Gasteiger partial charge in [0.2, 0.25) is 0 Å². The van der Waals surface area contributed by atoms with Crippen LogP contribution in [0.4, 0.5) is 0 Å². The lowest BCUT2D eigenvalue weighted by Gasteiger charge is -2.39. The molecule has 2 aliphatic rings. The van der Waals surface area contributed by atoms with Crippen LogP contribution in [-0.4, -0.2) is 15.0 Å². The van der Waals surface area contributed by atoms with Crippen LogP contribution in [0, 0.1) is 0 Å². The molecule has 13 rings (SSSR count). The highest BCUT2D eigenvalue weighted by atomic mass is 16.5. The first-order valence-electron chi connectivity index (χ1n) is 20.6. The van der Waals surface area contributed by atoms with Crippen LogP contribution >= 0.6 is 0 Å². The Labute approximate surface area is 351 Å². The monoisotopic (exact) mass is 779 g/mol. The Morgan fingerprint density at radius 3 is 1.70 bits per heavy atom. The molecule has 5 nitrogen and oxygen atoms in total. The van der Waals surface area contributed by atoms with Crippen molar-refractivity contribution in [1.29, 1.82) is 0 Å². The molecule has 11 aromatic rings. The Morgan fingerprint density at radius 2 is 0.885 bits per heavy atom. The maximum absolute atomic E-state index is 6.63.